The highest BCUT2D eigenvalue weighted by Gasteiger charge is 2.20. The van der Waals surface area contributed by atoms with E-state index in [1.54, 1.807) is 0 Å². The SMILES string of the molecule is CCC(N)C(Sc1ccc(Cl)cc1)c1cccc(C)c1. The van der Waals surface area contributed by atoms with E-state index in [2.05, 4.69) is 50.2 Å². The molecule has 2 aromatic carbocycles. The predicted octanol–water partition coefficient (Wildman–Crippen LogP) is 5.22. The van der Waals surface area contributed by atoms with Gasteiger partial charge in [0, 0.05) is 21.2 Å². The van der Waals surface area contributed by atoms with Crippen LogP contribution >= 0.6 is 23.4 Å². The van der Waals surface area contributed by atoms with Crippen molar-refractivity contribution < 1.29 is 0 Å². The molecule has 3 heteroatoms. The maximum Gasteiger partial charge on any atom is 0.0495 e. The first-order valence-electron chi connectivity index (χ1n) is 6.84. The molecule has 0 amide bonds. The molecule has 0 spiro atoms. The first-order valence-corrected chi connectivity index (χ1v) is 8.10. The van der Waals surface area contributed by atoms with E-state index in [1.807, 2.05) is 23.9 Å². The lowest BCUT2D eigenvalue weighted by molar-refractivity contribution is 0.634. The van der Waals surface area contributed by atoms with E-state index in [1.165, 1.54) is 16.0 Å². The van der Waals surface area contributed by atoms with Gasteiger partial charge in [-0.3, -0.25) is 0 Å². The molecule has 0 radical (unpaired) electrons. The minimum Gasteiger partial charge on any atom is -0.326 e. The molecule has 0 heterocycles. The van der Waals surface area contributed by atoms with Crippen LogP contribution in [-0.4, -0.2) is 6.04 Å². The fourth-order valence-electron chi connectivity index (χ4n) is 2.12. The van der Waals surface area contributed by atoms with Gasteiger partial charge in [0.15, 0.2) is 0 Å². The van der Waals surface area contributed by atoms with Crippen molar-refractivity contribution in [1.29, 1.82) is 0 Å². The highest BCUT2D eigenvalue weighted by Crippen LogP contribution is 2.38. The lowest BCUT2D eigenvalue weighted by Crippen LogP contribution is -2.25. The Balaban J connectivity index is 2.26. The number of thioether (sulfide) groups is 1. The maximum atomic E-state index is 6.33. The van der Waals surface area contributed by atoms with Gasteiger partial charge in [-0.1, -0.05) is 48.4 Å². The zero-order valence-corrected chi connectivity index (χ0v) is 13.4. The summed E-state index contributed by atoms with van der Waals surface area (Å²) in [7, 11) is 0. The molecule has 2 unspecified atom stereocenters. The Hall–Kier alpha value is -0.960. The number of aryl methyl sites for hydroxylation is 1. The minimum absolute atomic E-state index is 0.137. The average molecular weight is 306 g/mol. The van der Waals surface area contributed by atoms with Crippen molar-refractivity contribution in [2.75, 3.05) is 0 Å². The van der Waals surface area contributed by atoms with Gasteiger partial charge in [-0.2, -0.15) is 0 Å². The van der Waals surface area contributed by atoms with Gasteiger partial charge in [0.25, 0.3) is 0 Å². The summed E-state index contributed by atoms with van der Waals surface area (Å²) < 4.78 is 0. The fraction of sp³-hybridized carbons (Fsp3) is 0.294. The first kappa shape index (κ1) is 15.4. The van der Waals surface area contributed by atoms with Crippen LogP contribution in [0.1, 0.15) is 29.7 Å². The molecule has 0 aliphatic heterocycles. The van der Waals surface area contributed by atoms with Gasteiger partial charge in [0.05, 0.1) is 0 Å². The van der Waals surface area contributed by atoms with E-state index < -0.39 is 0 Å². The van der Waals surface area contributed by atoms with Crippen LogP contribution in [0.25, 0.3) is 0 Å². The number of hydrogen-bond acceptors (Lipinski definition) is 2. The highest BCUT2D eigenvalue weighted by molar-refractivity contribution is 7.99. The largest absolute Gasteiger partial charge is 0.326 e. The Morgan fingerprint density at radius 1 is 1.15 bits per heavy atom. The van der Waals surface area contributed by atoms with E-state index in [0.717, 1.165) is 11.4 Å². The van der Waals surface area contributed by atoms with Crippen LogP contribution in [0.4, 0.5) is 0 Å². The summed E-state index contributed by atoms with van der Waals surface area (Å²) in [6.07, 6.45) is 0.958. The van der Waals surface area contributed by atoms with Crippen molar-refractivity contribution in [2.45, 2.75) is 36.5 Å². The molecular weight excluding hydrogens is 286 g/mol. The topological polar surface area (TPSA) is 26.0 Å². The maximum absolute atomic E-state index is 6.33. The Bertz CT molecular complexity index is 553. The second kappa shape index (κ2) is 7.16. The summed E-state index contributed by atoms with van der Waals surface area (Å²) in [5.74, 6) is 0. The molecule has 0 aliphatic carbocycles. The zero-order valence-electron chi connectivity index (χ0n) is 11.8. The van der Waals surface area contributed by atoms with E-state index in [4.69, 9.17) is 17.3 Å². The number of nitrogens with two attached hydrogens (primary N) is 1. The summed E-state index contributed by atoms with van der Waals surface area (Å²) in [6, 6.07) is 16.7. The minimum atomic E-state index is 0.137. The van der Waals surface area contributed by atoms with Crippen LogP contribution in [0.2, 0.25) is 5.02 Å². The monoisotopic (exact) mass is 305 g/mol. The molecule has 106 valence electrons. The molecule has 0 aromatic heterocycles. The van der Waals surface area contributed by atoms with Crippen LogP contribution in [-0.2, 0) is 0 Å². The van der Waals surface area contributed by atoms with Gasteiger partial charge < -0.3 is 5.73 Å². The van der Waals surface area contributed by atoms with Gasteiger partial charge in [-0.15, -0.1) is 11.8 Å². The molecule has 2 atom stereocenters. The zero-order chi connectivity index (χ0) is 14.5. The molecule has 20 heavy (non-hydrogen) atoms. The summed E-state index contributed by atoms with van der Waals surface area (Å²) in [4.78, 5) is 1.20. The normalized spacial score (nSPS) is 14.0. The third-order valence-corrected chi connectivity index (χ3v) is 4.98. The summed E-state index contributed by atoms with van der Waals surface area (Å²) in [5, 5.41) is 1.03. The molecule has 2 N–H and O–H groups in total. The van der Waals surface area contributed by atoms with Crippen LogP contribution in [0.15, 0.2) is 53.4 Å². The van der Waals surface area contributed by atoms with Gasteiger partial charge in [-0.25, -0.2) is 0 Å². The lowest BCUT2D eigenvalue weighted by atomic mass is 10.0. The third-order valence-electron chi connectivity index (χ3n) is 3.31. The Kier molecular flexibility index (Phi) is 5.53. The standard InChI is InChI=1S/C17H20ClNS/c1-3-16(19)17(13-6-4-5-12(2)11-13)20-15-9-7-14(18)8-10-15/h4-11,16-17H,3,19H2,1-2H3. The fourth-order valence-corrected chi connectivity index (χ4v) is 3.49. The van der Waals surface area contributed by atoms with Crippen molar-refractivity contribution in [3.8, 4) is 0 Å². The van der Waals surface area contributed by atoms with Crippen LogP contribution < -0.4 is 5.73 Å². The van der Waals surface area contributed by atoms with Gasteiger partial charge >= 0.3 is 0 Å². The Morgan fingerprint density at radius 2 is 1.85 bits per heavy atom. The molecule has 1 nitrogen and oxygen atoms in total. The van der Waals surface area contributed by atoms with Crippen LogP contribution in [0, 0.1) is 6.92 Å². The van der Waals surface area contributed by atoms with E-state index in [-0.39, 0.29) is 11.3 Å². The van der Waals surface area contributed by atoms with Crippen molar-refractivity contribution in [2.24, 2.45) is 5.73 Å². The smallest absolute Gasteiger partial charge is 0.0495 e. The number of rotatable bonds is 5. The first-order chi connectivity index (χ1) is 9.60. The van der Waals surface area contributed by atoms with E-state index in [9.17, 15) is 0 Å². The second-order valence-corrected chi connectivity index (χ2v) is 6.63. The Morgan fingerprint density at radius 3 is 2.45 bits per heavy atom. The number of hydrogen-bond donors (Lipinski definition) is 1. The van der Waals surface area contributed by atoms with Gasteiger partial charge in [0.2, 0.25) is 0 Å². The molecule has 0 fully saturated rings. The second-order valence-electron chi connectivity index (χ2n) is 4.98. The quantitative estimate of drug-likeness (QED) is 0.766. The summed E-state index contributed by atoms with van der Waals surface area (Å²) >= 11 is 7.75. The van der Waals surface area contributed by atoms with Crippen molar-refractivity contribution in [1.82, 2.24) is 0 Å². The highest BCUT2D eigenvalue weighted by atomic mass is 35.5. The Labute approximate surface area is 130 Å². The van der Waals surface area contributed by atoms with Crippen molar-refractivity contribution in [3.05, 3.63) is 64.7 Å². The summed E-state index contributed by atoms with van der Waals surface area (Å²) in [5.41, 5.74) is 8.89. The molecule has 0 bridgehead atoms. The molecule has 0 saturated carbocycles. The van der Waals surface area contributed by atoms with E-state index >= 15 is 0 Å². The van der Waals surface area contributed by atoms with Crippen LogP contribution in [0.5, 0.6) is 0 Å². The summed E-state index contributed by atoms with van der Waals surface area (Å²) in [6.45, 7) is 4.25. The van der Waals surface area contributed by atoms with Gasteiger partial charge in [0.1, 0.15) is 0 Å². The lowest BCUT2D eigenvalue weighted by Gasteiger charge is -2.23. The average Bonchev–Trinajstić information content (AvgIpc) is 2.46. The molecule has 2 rings (SSSR count). The van der Waals surface area contributed by atoms with Crippen LogP contribution in [0.3, 0.4) is 0 Å². The third kappa shape index (κ3) is 4.02. The molecule has 0 saturated heterocycles. The van der Waals surface area contributed by atoms with E-state index in [0.29, 0.717) is 0 Å². The van der Waals surface area contributed by atoms with Crippen molar-refractivity contribution in [3.63, 3.8) is 0 Å². The number of benzene rings is 2. The number of halogens is 1. The van der Waals surface area contributed by atoms with Gasteiger partial charge in [-0.05, 0) is 43.2 Å². The predicted molar refractivity (Wildman–Crippen MR) is 89.5 cm³/mol. The molecule has 0 aliphatic rings. The molecular formula is C17H20ClNS. The molecule has 2 aromatic rings. The van der Waals surface area contributed by atoms with Crippen molar-refractivity contribution >= 4 is 23.4 Å².